The van der Waals surface area contributed by atoms with Crippen molar-refractivity contribution in [3.8, 4) is 11.8 Å². The van der Waals surface area contributed by atoms with Crippen molar-refractivity contribution in [2.24, 2.45) is 5.73 Å². The van der Waals surface area contributed by atoms with Crippen molar-refractivity contribution in [1.82, 2.24) is 0 Å². The van der Waals surface area contributed by atoms with E-state index >= 15 is 0 Å². The molecule has 26 heavy (non-hydrogen) atoms. The summed E-state index contributed by atoms with van der Waals surface area (Å²) in [4.78, 5) is 12.3. The van der Waals surface area contributed by atoms with Crippen molar-refractivity contribution in [3.05, 3.63) is 52.4 Å². The summed E-state index contributed by atoms with van der Waals surface area (Å²) in [6, 6.07) is 4.65. The van der Waals surface area contributed by atoms with Gasteiger partial charge in [0, 0.05) is 5.56 Å². The van der Waals surface area contributed by atoms with Crippen molar-refractivity contribution in [3.63, 3.8) is 0 Å². The maximum absolute atomic E-state index is 14.4. The number of hydrogen-bond acceptors (Lipinski definition) is 6. The number of carbonyl (C=O) groups excluding carboxylic acids is 1. The number of benzene rings is 1. The van der Waals surface area contributed by atoms with Crippen molar-refractivity contribution in [2.75, 3.05) is 6.61 Å². The van der Waals surface area contributed by atoms with Crippen LogP contribution in [0, 0.1) is 17.1 Å². The molecule has 0 radical (unpaired) electrons. The first-order valence-electron chi connectivity index (χ1n) is 7.49. The zero-order valence-electron chi connectivity index (χ0n) is 13.9. The molecule has 1 heterocycles. The van der Waals surface area contributed by atoms with E-state index in [-0.39, 0.29) is 40.7 Å². The minimum Gasteiger partial charge on any atom is -0.463 e. The van der Waals surface area contributed by atoms with Gasteiger partial charge in [-0.1, -0.05) is 0 Å². The molecule has 0 saturated carbocycles. The first-order valence-corrected chi connectivity index (χ1v) is 7.49. The predicted molar refractivity (Wildman–Crippen MR) is 83.0 cm³/mol. The minimum absolute atomic E-state index is 0.0181. The van der Waals surface area contributed by atoms with Gasteiger partial charge in [0.05, 0.1) is 18.1 Å². The topological polar surface area (TPSA) is 94.6 Å². The normalized spacial score (nSPS) is 17.0. The Balaban J connectivity index is 2.65. The molecule has 0 aromatic heterocycles. The van der Waals surface area contributed by atoms with Gasteiger partial charge in [0.1, 0.15) is 29.0 Å². The smallest absolute Gasteiger partial charge is 0.387 e. The number of rotatable bonds is 5. The van der Waals surface area contributed by atoms with Crippen molar-refractivity contribution in [2.45, 2.75) is 26.4 Å². The SMILES string of the molecule is CCOC(=O)C1=C(C)OC(N)=C(C#N)C1c1cc(OC(F)F)ccc1F. The number of nitrogens with two attached hydrogens (primary N) is 1. The Labute approximate surface area is 147 Å². The average molecular weight is 368 g/mol. The third-order valence-electron chi connectivity index (χ3n) is 3.60. The van der Waals surface area contributed by atoms with Gasteiger partial charge in [-0.15, -0.1) is 0 Å². The number of alkyl halides is 2. The van der Waals surface area contributed by atoms with E-state index in [2.05, 4.69) is 4.74 Å². The second kappa shape index (κ2) is 7.82. The third kappa shape index (κ3) is 3.74. The molecule has 1 aliphatic heterocycles. The molecular weight excluding hydrogens is 353 g/mol. The molecule has 138 valence electrons. The lowest BCUT2D eigenvalue weighted by Crippen LogP contribution is -2.26. The summed E-state index contributed by atoms with van der Waals surface area (Å²) in [5.41, 5.74) is 5.05. The lowest BCUT2D eigenvalue weighted by molar-refractivity contribution is -0.139. The number of esters is 1. The fraction of sp³-hybridized carbons (Fsp3) is 0.294. The van der Waals surface area contributed by atoms with E-state index in [1.807, 2.05) is 0 Å². The summed E-state index contributed by atoms with van der Waals surface area (Å²) in [7, 11) is 0. The molecule has 0 bridgehead atoms. The molecule has 9 heteroatoms. The first-order chi connectivity index (χ1) is 12.3. The van der Waals surface area contributed by atoms with E-state index in [0.717, 1.165) is 18.2 Å². The Morgan fingerprint density at radius 1 is 1.46 bits per heavy atom. The van der Waals surface area contributed by atoms with E-state index in [4.69, 9.17) is 15.2 Å². The molecule has 2 N–H and O–H groups in total. The van der Waals surface area contributed by atoms with Crippen LogP contribution in [-0.4, -0.2) is 19.2 Å². The fourth-order valence-electron chi connectivity index (χ4n) is 2.59. The van der Waals surface area contributed by atoms with Crippen LogP contribution in [0.4, 0.5) is 13.2 Å². The van der Waals surface area contributed by atoms with E-state index in [1.54, 1.807) is 13.0 Å². The highest BCUT2D eigenvalue weighted by Gasteiger charge is 2.38. The van der Waals surface area contributed by atoms with Crippen LogP contribution in [0.2, 0.25) is 0 Å². The van der Waals surface area contributed by atoms with Crippen LogP contribution in [0.5, 0.6) is 5.75 Å². The van der Waals surface area contributed by atoms with Crippen LogP contribution < -0.4 is 10.5 Å². The number of allylic oxidation sites excluding steroid dienone is 2. The maximum atomic E-state index is 14.4. The molecule has 2 rings (SSSR count). The molecule has 0 aliphatic carbocycles. The summed E-state index contributed by atoms with van der Waals surface area (Å²) < 4.78 is 53.8. The summed E-state index contributed by atoms with van der Waals surface area (Å²) in [5, 5.41) is 9.40. The van der Waals surface area contributed by atoms with E-state index in [9.17, 15) is 23.2 Å². The van der Waals surface area contributed by atoms with Crippen LogP contribution in [0.3, 0.4) is 0 Å². The van der Waals surface area contributed by atoms with Gasteiger partial charge < -0.3 is 19.9 Å². The minimum atomic E-state index is -3.12. The Morgan fingerprint density at radius 2 is 2.15 bits per heavy atom. The van der Waals surface area contributed by atoms with Crippen molar-refractivity contribution in [1.29, 1.82) is 5.26 Å². The van der Waals surface area contributed by atoms with Gasteiger partial charge in [0.25, 0.3) is 0 Å². The number of carbonyl (C=O) groups is 1. The van der Waals surface area contributed by atoms with Gasteiger partial charge in [-0.3, -0.25) is 0 Å². The van der Waals surface area contributed by atoms with Gasteiger partial charge in [-0.2, -0.15) is 14.0 Å². The van der Waals surface area contributed by atoms with Crippen LogP contribution >= 0.6 is 0 Å². The van der Waals surface area contributed by atoms with Gasteiger partial charge in [-0.05, 0) is 32.0 Å². The van der Waals surface area contributed by atoms with Crippen LogP contribution in [0.15, 0.2) is 41.0 Å². The van der Waals surface area contributed by atoms with Crippen molar-refractivity contribution < 1.29 is 32.2 Å². The molecule has 1 aromatic carbocycles. The van der Waals surface area contributed by atoms with Crippen LogP contribution in [0.25, 0.3) is 0 Å². The Bertz CT molecular complexity index is 828. The molecular formula is C17H15F3N2O4. The first kappa shape index (κ1) is 19.2. The Kier molecular flexibility index (Phi) is 5.77. The molecule has 1 atom stereocenters. The van der Waals surface area contributed by atoms with Gasteiger partial charge >= 0.3 is 12.6 Å². The highest BCUT2D eigenvalue weighted by atomic mass is 19.3. The highest BCUT2D eigenvalue weighted by Crippen LogP contribution is 2.41. The molecule has 1 aromatic rings. The van der Waals surface area contributed by atoms with Crippen LogP contribution in [0.1, 0.15) is 25.3 Å². The fourth-order valence-corrected chi connectivity index (χ4v) is 2.59. The summed E-state index contributed by atoms with van der Waals surface area (Å²) in [6.07, 6.45) is 0. The number of halogens is 3. The highest BCUT2D eigenvalue weighted by molar-refractivity contribution is 5.92. The molecule has 1 unspecified atom stereocenters. The van der Waals surface area contributed by atoms with Gasteiger partial charge in [-0.25, -0.2) is 9.18 Å². The number of hydrogen-bond donors (Lipinski definition) is 1. The molecule has 0 saturated heterocycles. The second-order valence-electron chi connectivity index (χ2n) is 5.18. The molecule has 0 fully saturated rings. The van der Waals surface area contributed by atoms with Gasteiger partial charge in [0.2, 0.25) is 5.88 Å². The lowest BCUT2D eigenvalue weighted by Gasteiger charge is -2.27. The van der Waals surface area contributed by atoms with Crippen molar-refractivity contribution >= 4 is 5.97 Å². The largest absolute Gasteiger partial charge is 0.463 e. The lowest BCUT2D eigenvalue weighted by atomic mass is 9.82. The number of nitriles is 1. The third-order valence-corrected chi connectivity index (χ3v) is 3.60. The quantitative estimate of drug-likeness (QED) is 0.803. The monoisotopic (exact) mass is 368 g/mol. The Hall–Kier alpha value is -3.15. The zero-order valence-corrected chi connectivity index (χ0v) is 13.9. The van der Waals surface area contributed by atoms with E-state index in [0.29, 0.717) is 0 Å². The molecule has 1 aliphatic rings. The standard InChI is InChI=1S/C17H15F3N2O4/c1-3-24-16(23)13-8(2)25-15(22)11(7-21)14(13)10-6-9(26-17(19)20)4-5-12(10)18/h4-6,14,17H,3,22H2,1-2H3. The molecule has 0 spiro atoms. The predicted octanol–water partition coefficient (Wildman–Crippen LogP) is 3.07. The number of nitrogens with zero attached hydrogens (tertiary/aromatic N) is 1. The van der Waals surface area contributed by atoms with Gasteiger partial charge in [0.15, 0.2) is 0 Å². The number of ether oxygens (including phenoxy) is 3. The average Bonchev–Trinajstić information content (AvgIpc) is 2.55. The Morgan fingerprint density at radius 3 is 2.73 bits per heavy atom. The van der Waals surface area contributed by atoms with E-state index < -0.39 is 24.3 Å². The summed E-state index contributed by atoms with van der Waals surface area (Å²) in [5.74, 6) is -3.59. The zero-order chi connectivity index (χ0) is 19.4. The maximum Gasteiger partial charge on any atom is 0.387 e. The molecule has 6 nitrogen and oxygen atoms in total. The second-order valence-corrected chi connectivity index (χ2v) is 5.18. The summed E-state index contributed by atoms with van der Waals surface area (Å²) in [6.45, 7) is -0.127. The summed E-state index contributed by atoms with van der Waals surface area (Å²) >= 11 is 0. The van der Waals surface area contributed by atoms with E-state index in [1.165, 1.54) is 6.92 Å². The van der Waals surface area contributed by atoms with Crippen LogP contribution in [-0.2, 0) is 14.3 Å². The molecule has 0 amide bonds.